The van der Waals surface area contributed by atoms with Crippen LogP contribution in [-0.4, -0.2) is 43.6 Å². The number of hydrogen-bond acceptors (Lipinski definition) is 9. The molecule has 15 aromatic carbocycles. The molecule has 9 heterocycles. The molecule has 0 radical (unpaired) electrons. The molecule has 0 unspecified atom stereocenters. The van der Waals surface area contributed by atoms with E-state index in [2.05, 4.69) is 393 Å². The monoisotopic (exact) mass is 1640 g/mol. The zero-order valence-corrected chi connectivity index (χ0v) is 69.4. The van der Waals surface area contributed by atoms with Gasteiger partial charge in [-0.05, 0) is 205 Å². The first kappa shape index (κ1) is 76.9. The Morgan fingerprint density at radius 2 is 0.589 bits per heavy atom. The Hall–Kier alpha value is -18.2. The predicted molar refractivity (Wildman–Crippen MR) is 525 cm³/mol. The van der Waals surface area contributed by atoms with Crippen molar-refractivity contribution >= 4 is 97.7 Å². The highest BCUT2D eigenvalue weighted by molar-refractivity contribution is 6.27. The average Bonchev–Trinajstić information content (AvgIpc) is 1.57. The first-order valence-electron chi connectivity index (χ1n) is 42.7. The lowest BCUT2D eigenvalue weighted by atomic mass is 9.95. The number of benzene rings is 15. The Kier molecular flexibility index (Phi) is 19.8. The van der Waals surface area contributed by atoms with Crippen LogP contribution in [0.25, 0.3) is 216 Å². The number of nitriles is 3. The molecule has 0 aliphatic heterocycles. The van der Waals surface area contributed by atoms with Crippen molar-refractivity contribution in [2.75, 3.05) is 0 Å². The van der Waals surface area contributed by atoms with E-state index in [-0.39, 0.29) is 0 Å². The Morgan fingerprint density at radius 1 is 0.202 bits per heavy atom. The van der Waals surface area contributed by atoms with Gasteiger partial charge >= 0.3 is 0 Å². The van der Waals surface area contributed by atoms with Crippen LogP contribution in [0.4, 0.5) is 0 Å². The Morgan fingerprint density at radius 3 is 1.02 bits per heavy atom. The highest BCUT2D eigenvalue weighted by Crippen LogP contribution is 2.48. The van der Waals surface area contributed by atoms with Crippen LogP contribution in [0.2, 0.25) is 0 Å². The lowest BCUT2D eigenvalue weighted by molar-refractivity contribution is 1.18. The quantitative estimate of drug-likeness (QED) is 0.116. The molecule has 9 aromatic heterocycles. The number of para-hydroxylation sites is 3. The van der Waals surface area contributed by atoms with Gasteiger partial charge in [-0.3, -0.25) is 15.0 Å². The summed E-state index contributed by atoms with van der Waals surface area (Å²) >= 11 is 0. The van der Waals surface area contributed by atoms with Crippen LogP contribution in [0.3, 0.4) is 0 Å². The fourth-order valence-corrected chi connectivity index (χ4v) is 18.4. The summed E-state index contributed by atoms with van der Waals surface area (Å²) in [6, 6.07) is 148. The zero-order valence-electron chi connectivity index (χ0n) is 69.4. The molecule has 0 saturated carbocycles. The first-order chi connectivity index (χ1) is 63.8. The van der Waals surface area contributed by atoms with Crippen molar-refractivity contribution < 1.29 is 0 Å². The molecule has 0 spiro atoms. The van der Waals surface area contributed by atoms with E-state index in [0.717, 1.165) is 117 Å². The third-order valence-corrected chi connectivity index (χ3v) is 24.3. The molecule has 0 saturated heterocycles. The fourth-order valence-electron chi connectivity index (χ4n) is 18.4. The molecule has 24 aromatic rings. The largest absolute Gasteiger partial charge is 0.309 e. The highest BCUT2D eigenvalue weighted by Gasteiger charge is 2.25. The Balaban J connectivity index is 0.000000114. The molecule has 12 heteroatoms. The van der Waals surface area contributed by atoms with Crippen LogP contribution in [0.5, 0.6) is 0 Å². The van der Waals surface area contributed by atoms with Gasteiger partial charge in [0, 0.05) is 108 Å². The van der Waals surface area contributed by atoms with E-state index in [4.69, 9.17) is 15.0 Å². The summed E-state index contributed by atoms with van der Waals surface area (Å²) in [6.45, 7) is 0. The van der Waals surface area contributed by atoms with Crippen LogP contribution in [-0.2, 0) is 0 Å². The maximum absolute atomic E-state index is 9.41. The molecule has 0 bridgehead atoms. The molecule has 24 rings (SSSR count). The summed E-state index contributed by atoms with van der Waals surface area (Å²) in [4.78, 5) is 27.8. The summed E-state index contributed by atoms with van der Waals surface area (Å²) in [5.74, 6) is 0. The molecule has 0 N–H and O–H groups in total. The van der Waals surface area contributed by atoms with Gasteiger partial charge in [0.15, 0.2) is 0 Å². The van der Waals surface area contributed by atoms with Crippen LogP contribution >= 0.6 is 0 Å². The van der Waals surface area contributed by atoms with Gasteiger partial charge in [-0.2, -0.15) is 15.8 Å². The Bertz CT molecular complexity index is 8290. The lowest BCUT2D eigenvalue weighted by Gasteiger charge is -2.12. The van der Waals surface area contributed by atoms with Crippen molar-refractivity contribution in [2.24, 2.45) is 0 Å². The van der Waals surface area contributed by atoms with Crippen LogP contribution < -0.4 is 0 Å². The number of nitrogens with zero attached hydrogens (tertiary/aromatic N) is 12. The smallest absolute Gasteiger partial charge is 0.141 e. The molecule has 0 amide bonds. The standard InChI is InChI=1S/3C39H24N4/c40-23-26-20-29(25-41-24-26)35-16-9-17-36(42-35)34-22-38-39(32-15-8-7-14-31(32)34)33-19-18-28(27-10-3-1-4-11-27)21-37(33)43(38)30-12-5-2-6-13-30;40-25-29-22-28(20-21-41-29)35-16-9-17-36(42-35)34-24-38-39(32-15-8-7-14-31(32)34)33-19-18-27(26-10-3-1-4-11-26)23-37(33)43(38)30-12-5-2-6-13-30;40-24-26-19-20-41-36(21-26)35-18-16-29(25-42-35)34-23-38-39(32-14-8-7-13-31(32)34)33-17-15-28(27-9-3-1-4-10-27)22-37(33)43(38)30-11-5-2-6-12-30/h1-22,24-25H;1-24H;1-23,25H. The van der Waals surface area contributed by atoms with Gasteiger partial charge in [-0.15, -0.1) is 0 Å². The van der Waals surface area contributed by atoms with Crippen molar-refractivity contribution in [3.8, 4) is 136 Å². The van der Waals surface area contributed by atoms with E-state index < -0.39 is 0 Å². The van der Waals surface area contributed by atoms with E-state index >= 15 is 0 Å². The van der Waals surface area contributed by atoms with Gasteiger partial charge in [0.25, 0.3) is 0 Å². The fraction of sp³-hybridized carbons (Fsp3) is 0. The maximum atomic E-state index is 9.41. The van der Waals surface area contributed by atoms with Gasteiger partial charge < -0.3 is 13.7 Å². The van der Waals surface area contributed by atoms with Crippen LogP contribution in [0, 0.1) is 34.0 Å². The second-order valence-corrected chi connectivity index (χ2v) is 31.8. The predicted octanol–water partition coefficient (Wildman–Crippen LogP) is 28.8. The van der Waals surface area contributed by atoms with Crippen molar-refractivity contribution in [3.05, 3.63) is 454 Å². The molecule has 0 aliphatic carbocycles. The van der Waals surface area contributed by atoms with E-state index in [9.17, 15) is 15.8 Å². The zero-order chi connectivity index (χ0) is 86.3. The number of hydrogen-bond donors (Lipinski definition) is 0. The number of fused-ring (bicyclic) bond motifs is 15. The Labute approximate surface area is 742 Å². The van der Waals surface area contributed by atoms with E-state index in [0.29, 0.717) is 22.5 Å². The highest BCUT2D eigenvalue weighted by atomic mass is 15.0. The second-order valence-electron chi connectivity index (χ2n) is 31.8. The minimum atomic E-state index is 0.374. The van der Waals surface area contributed by atoms with Gasteiger partial charge in [0.05, 0.1) is 84.5 Å². The molecule has 0 atom stereocenters. The van der Waals surface area contributed by atoms with Crippen molar-refractivity contribution in [2.45, 2.75) is 0 Å². The normalized spacial score (nSPS) is 11.2. The number of pyridine rings is 6. The SMILES string of the molecule is N#Cc1cc(-c2cccc(-c3cc4c(c5ccccc35)c3ccc(-c5ccccc5)cc3n4-c3ccccc3)n2)ccn1.N#Cc1ccnc(-c2ccc(-c3cc4c(c5ccccc35)c3ccc(-c5ccccc5)cc3n4-c3ccccc3)cn2)c1.N#Cc1cncc(-c2cccc(-c3cc4c(c5ccccc35)c3ccc(-c5ccccc5)cc3n4-c3ccccc3)n2)c1. The van der Waals surface area contributed by atoms with E-state index in [1.54, 1.807) is 43.0 Å². The van der Waals surface area contributed by atoms with E-state index in [1.807, 2.05) is 48.7 Å². The van der Waals surface area contributed by atoms with Crippen molar-refractivity contribution in [1.82, 2.24) is 43.6 Å². The third-order valence-electron chi connectivity index (χ3n) is 24.3. The number of rotatable bonds is 12. The van der Waals surface area contributed by atoms with Gasteiger partial charge in [-0.1, -0.05) is 273 Å². The van der Waals surface area contributed by atoms with Gasteiger partial charge in [-0.25, -0.2) is 15.0 Å². The average molecular weight is 1650 g/mol. The summed E-state index contributed by atoms with van der Waals surface area (Å²) in [5, 5.41) is 42.5. The third kappa shape index (κ3) is 14.2. The molecule has 12 nitrogen and oxygen atoms in total. The molecular formula is C117H72N12. The molecule has 129 heavy (non-hydrogen) atoms. The first-order valence-corrected chi connectivity index (χ1v) is 42.7. The van der Waals surface area contributed by atoms with Gasteiger partial charge in [0.2, 0.25) is 0 Å². The van der Waals surface area contributed by atoms with E-state index in [1.165, 1.54) is 92.8 Å². The molecule has 0 aliphatic rings. The van der Waals surface area contributed by atoms with Crippen molar-refractivity contribution in [3.63, 3.8) is 0 Å². The lowest BCUT2D eigenvalue weighted by Crippen LogP contribution is -1.95. The molecule has 0 fully saturated rings. The minimum Gasteiger partial charge on any atom is -0.309 e. The van der Waals surface area contributed by atoms with Gasteiger partial charge in [0.1, 0.15) is 17.8 Å². The summed E-state index contributed by atoms with van der Waals surface area (Å²) < 4.78 is 7.13. The molecular weight excluding hydrogens is 1570 g/mol. The molecule has 600 valence electrons. The van der Waals surface area contributed by atoms with Crippen LogP contribution in [0.15, 0.2) is 437 Å². The van der Waals surface area contributed by atoms with Crippen molar-refractivity contribution in [1.29, 1.82) is 15.8 Å². The second kappa shape index (κ2) is 33.2. The van der Waals surface area contributed by atoms with Crippen LogP contribution in [0.1, 0.15) is 16.8 Å². The summed E-state index contributed by atoms with van der Waals surface area (Å²) in [5.41, 5.74) is 29.5. The maximum Gasteiger partial charge on any atom is 0.141 e. The topological polar surface area (TPSA) is 164 Å². The summed E-state index contributed by atoms with van der Waals surface area (Å²) in [6.07, 6.45) is 8.54. The number of aromatic nitrogens is 9. The summed E-state index contributed by atoms with van der Waals surface area (Å²) in [7, 11) is 0. The minimum absolute atomic E-state index is 0.374.